The molecule has 0 aromatic heterocycles. The van der Waals surface area contributed by atoms with E-state index in [9.17, 15) is 0 Å². The van der Waals surface area contributed by atoms with E-state index in [0.29, 0.717) is 0 Å². The van der Waals surface area contributed by atoms with Gasteiger partial charge >= 0.3 is 0 Å². The molecule has 1 heterocycles. The van der Waals surface area contributed by atoms with Crippen molar-refractivity contribution in [3.05, 3.63) is 185 Å². The first-order valence-corrected chi connectivity index (χ1v) is 15.4. The largest absolute Gasteiger partial charge is 0.366 e. The van der Waals surface area contributed by atoms with Gasteiger partial charge in [-0.2, -0.15) is 0 Å². The van der Waals surface area contributed by atoms with Crippen molar-refractivity contribution >= 4 is 22.9 Å². The molecule has 1 unspecified atom stereocenters. The first kappa shape index (κ1) is 26.2. The molecule has 0 radical (unpaired) electrons. The highest BCUT2D eigenvalue weighted by molar-refractivity contribution is 6.10. The summed E-state index contributed by atoms with van der Waals surface area (Å²) >= 11 is 0. The van der Waals surface area contributed by atoms with Gasteiger partial charge in [-0.3, -0.25) is 4.99 Å². The number of aliphatic imine (C=N–C) groups is 1. The summed E-state index contributed by atoms with van der Waals surface area (Å²) in [5.74, 6) is 0. The SMILES string of the molecule is C1=CC2=C(CC1)/C(=C\c1ccc(C3N=C(c4cccc(-c5ccc(-c6ccccc6)cc5)c4)C=CN3)cc1)c1ccccc12. The van der Waals surface area contributed by atoms with Gasteiger partial charge in [-0.25, -0.2) is 0 Å². The normalized spacial score (nSPS) is 17.7. The topological polar surface area (TPSA) is 24.4 Å². The third-order valence-electron chi connectivity index (χ3n) is 8.81. The third-order valence-corrected chi connectivity index (χ3v) is 8.81. The summed E-state index contributed by atoms with van der Waals surface area (Å²) in [6.45, 7) is 0. The Morgan fingerprint density at radius 3 is 2.11 bits per heavy atom. The molecule has 0 saturated carbocycles. The van der Waals surface area contributed by atoms with Crippen LogP contribution >= 0.6 is 0 Å². The van der Waals surface area contributed by atoms with E-state index in [0.717, 1.165) is 29.7 Å². The Hall–Kier alpha value is -5.47. The van der Waals surface area contributed by atoms with Crippen LogP contribution in [0.15, 0.2) is 162 Å². The summed E-state index contributed by atoms with van der Waals surface area (Å²) in [5, 5.41) is 3.45. The second-order valence-electron chi connectivity index (χ2n) is 11.5. The number of benzene rings is 5. The molecule has 8 rings (SSSR count). The molecule has 0 saturated heterocycles. The highest BCUT2D eigenvalue weighted by Crippen LogP contribution is 2.46. The fourth-order valence-electron chi connectivity index (χ4n) is 6.54. The lowest BCUT2D eigenvalue weighted by Gasteiger charge is -2.19. The van der Waals surface area contributed by atoms with Gasteiger partial charge < -0.3 is 5.32 Å². The molecule has 0 bridgehead atoms. The minimum Gasteiger partial charge on any atom is -0.366 e. The lowest BCUT2D eigenvalue weighted by Crippen LogP contribution is -2.20. The number of rotatable bonds is 5. The highest BCUT2D eigenvalue weighted by atomic mass is 15.1. The van der Waals surface area contributed by atoms with E-state index in [1.54, 1.807) is 0 Å². The number of fused-ring (bicyclic) bond motifs is 2. The molecule has 0 amide bonds. The van der Waals surface area contributed by atoms with Gasteiger partial charge in [-0.1, -0.05) is 133 Å². The molecule has 5 aromatic rings. The number of hydrogen-bond acceptors (Lipinski definition) is 2. The van der Waals surface area contributed by atoms with E-state index >= 15 is 0 Å². The quantitative estimate of drug-likeness (QED) is 0.226. The third kappa shape index (κ3) is 4.95. The van der Waals surface area contributed by atoms with E-state index in [1.165, 1.54) is 55.7 Å². The zero-order valence-corrected chi connectivity index (χ0v) is 24.4. The van der Waals surface area contributed by atoms with Gasteiger partial charge in [0, 0.05) is 11.8 Å². The van der Waals surface area contributed by atoms with Crippen LogP contribution in [0.4, 0.5) is 0 Å². The van der Waals surface area contributed by atoms with Crippen LogP contribution in [-0.2, 0) is 0 Å². The predicted octanol–water partition coefficient (Wildman–Crippen LogP) is 10.3. The molecular formula is C42H32N2. The molecule has 0 spiro atoms. The first-order valence-electron chi connectivity index (χ1n) is 15.4. The molecule has 210 valence electrons. The monoisotopic (exact) mass is 564 g/mol. The Balaban J connectivity index is 1.03. The van der Waals surface area contributed by atoms with Gasteiger partial charge in [0.05, 0.1) is 5.71 Å². The van der Waals surface area contributed by atoms with Crippen LogP contribution in [0.3, 0.4) is 0 Å². The van der Waals surface area contributed by atoms with Crippen molar-refractivity contribution in [1.82, 2.24) is 5.32 Å². The number of nitrogens with zero attached hydrogens (tertiary/aromatic N) is 1. The van der Waals surface area contributed by atoms with Gasteiger partial charge in [0.25, 0.3) is 0 Å². The van der Waals surface area contributed by atoms with Gasteiger partial charge in [-0.05, 0) is 92.3 Å². The van der Waals surface area contributed by atoms with Crippen molar-refractivity contribution in [2.75, 3.05) is 0 Å². The second kappa shape index (κ2) is 11.3. The van der Waals surface area contributed by atoms with Crippen molar-refractivity contribution in [2.45, 2.75) is 19.0 Å². The average Bonchev–Trinajstić information content (AvgIpc) is 3.42. The molecule has 2 heteroatoms. The van der Waals surface area contributed by atoms with Gasteiger partial charge in [0.15, 0.2) is 0 Å². The number of hydrogen-bond donors (Lipinski definition) is 1. The zero-order valence-electron chi connectivity index (χ0n) is 24.4. The minimum absolute atomic E-state index is 0.129. The van der Waals surface area contributed by atoms with Crippen molar-refractivity contribution < 1.29 is 0 Å². The van der Waals surface area contributed by atoms with E-state index in [1.807, 2.05) is 6.20 Å². The Kier molecular flexibility index (Phi) is 6.73. The van der Waals surface area contributed by atoms with Crippen LogP contribution in [0.1, 0.15) is 46.8 Å². The smallest absolute Gasteiger partial charge is 0.145 e. The molecule has 1 N–H and O–H groups in total. The second-order valence-corrected chi connectivity index (χ2v) is 11.5. The zero-order chi connectivity index (χ0) is 29.3. The van der Waals surface area contributed by atoms with Gasteiger partial charge in [0.1, 0.15) is 6.17 Å². The van der Waals surface area contributed by atoms with Crippen LogP contribution in [0.5, 0.6) is 0 Å². The van der Waals surface area contributed by atoms with E-state index in [-0.39, 0.29) is 6.17 Å². The number of allylic oxidation sites excluding steroid dienone is 6. The lowest BCUT2D eigenvalue weighted by atomic mass is 9.94. The molecule has 1 aliphatic heterocycles. The summed E-state index contributed by atoms with van der Waals surface area (Å²) in [6, 6.07) is 45.6. The van der Waals surface area contributed by atoms with E-state index in [2.05, 4.69) is 157 Å². The number of nitrogens with one attached hydrogen (secondary N) is 1. The maximum absolute atomic E-state index is 5.12. The van der Waals surface area contributed by atoms with Crippen molar-refractivity contribution in [3.8, 4) is 22.3 Å². The molecule has 5 aromatic carbocycles. The van der Waals surface area contributed by atoms with Gasteiger partial charge in [0.2, 0.25) is 0 Å². The van der Waals surface area contributed by atoms with Crippen LogP contribution in [0, 0.1) is 0 Å². The molecule has 0 fully saturated rings. The van der Waals surface area contributed by atoms with Crippen LogP contribution in [0.25, 0.3) is 39.5 Å². The molecule has 44 heavy (non-hydrogen) atoms. The van der Waals surface area contributed by atoms with Crippen molar-refractivity contribution in [3.63, 3.8) is 0 Å². The lowest BCUT2D eigenvalue weighted by molar-refractivity contribution is 0.650. The van der Waals surface area contributed by atoms with Crippen LogP contribution in [-0.4, -0.2) is 5.71 Å². The summed E-state index contributed by atoms with van der Waals surface area (Å²) < 4.78 is 0. The van der Waals surface area contributed by atoms with Crippen molar-refractivity contribution in [1.29, 1.82) is 0 Å². The Labute approximate surface area is 259 Å². The first-order chi connectivity index (χ1) is 21.8. The average molecular weight is 565 g/mol. The Bertz CT molecular complexity index is 2000. The maximum atomic E-state index is 5.12. The fourth-order valence-corrected chi connectivity index (χ4v) is 6.54. The Morgan fingerprint density at radius 2 is 1.30 bits per heavy atom. The Morgan fingerprint density at radius 1 is 0.614 bits per heavy atom. The van der Waals surface area contributed by atoms with E-state index in [4.69, 9.17) is 4.99 Å². The molecule has 1 atom stereocenters. The predicted molar refractivity (Wildman–Crippen MR) is 185 cm³/mol. The van der Waals surface area contributed by atoms with Crippen LogP contribution in [0.2, 0.25) is 0 Å². The fraction of sp³-hybridized carbons (Fsp3) is 0.0714. The molecular weight excluding hydrogens is 532 g/mol. The minimum atomic E-state index is -0.129. The molecule has 2 nitrogen and oxygen atoms in total. The molecule has 3 aliphatic rings. The summed E-state index contributed by atoms with van der Waals surface area (Å²) in [6.07, 6.45) is 13.1. The standard InChI is InChI=1S/C42H32N2/c1-2-9-30(10-3-1)31-21-23-32(24-22-31)34-11-8-12-35(28-34)41-25-26-43-42(44-41)33-19-17-29(18-20-33)27-40-38-15-6-4-13-36(38)37-14-5-7-16-39(37)40/h1-6,8-15,17-28,42-43H,7,16H2/b40-27-. The maximum Gasteiger partial charge on any atom is 0.145 e. The van der Waals surface area contributed by atoms with Crippen LogP contribution < -0.4 is 5.32 Å². The summed E-state index contributed by atoms with van der Waals surface area (Å²) in [7, 11) is 0. The summed E-state index contributed by atoms with van der Waals surface area (Å²) in [4.78, 5) is 5.12. The highest BCUT2D eigenvalue weighted by Gasteiger charge is 2.25. The molecule has 2 aliphatic carbocycles. The van der Waals surface area contributed by atoms with Gasteiger partial charge in [-0.15, -0.1) is 0 Å². The summed E-state index contributed by atoms with van der Waals surface area (Å²) in [5.41, 5.74) is 16.2. The van der Waals surface area contributed by atoms with Crippen molar-refractivity contribution in [2.24, 2.45) is 4.99 Å². The van der Waals surface area contributed by atoms with E-state index < -0.39 is 0 Å².